The zero-order valence-electron chi connectivity index (χ0n) is 17.6. The third-order valence-corrected chi connectivity index (χ3v) is 5.90. The van der Waals surface area contributed by atoms with Gasteiger partial charge in [0.05, 0.1) is 0 Å². The van der Waals surface area contributed by atoms with Gasteiger partial charge >= 0.3 is 0 Å². The molecular weight excluding hydrogens is 367 g/mol. The molecule has 1 fully saturated rings. The van der Waals surface area contributed by atoms with E-state index in [1.807, 2.05) is 30.3 Å². The number of carbonyl (C=O) groups excluding carboxylic acids is 1. The minimum atomic E-state index is -0.299. The Balaban J connectivity index is 1.72. The van der Waals surface area contributed by atoms with Crippen molar-refractivity contribution in [2.75, 3.05) is 31.2 Å². The van der Waals surface area contributed by atoms with E-state index in [1.165, 1.54) is 6.07 Å². The van der Waals surface area contributed by atoms with Gasteiger partial charge in [-0.1, -0.05) is 12.1 Å². The minimum absolute atomic E-state index is 0.105. The van der Waals surface area contributed by atoms with Crippen molar-refractivity contribution in [1.29, 1.82) is 0 Å². The first kappa shape index (κ1) is 21.3. The summed E-state index contributed by atoms with van der Waals surface area (Å²) < 4.78 is 19.3. The van der Waals surface area contributed by atoms with Crippen molar-refractivity contribution in [1.82, 2.24) is 5.32 Å². The predicted octanol–water partition coefficient (Wildman–Crippen LogP) is 4.54. The molecule has 156 valence electrons. The van der Waals surface area contributed by atoms with Crippen molar-refractivity contribution >= 4 is 11.6 Å². The van der Waals surface area contributed by atoms with Crippen LogP contribution in [0.1, 0.15) is 49.5 Å². The zero-order chi connectivity index (χ0) is 20.9. The highest BCUT2D eigenvalue weighted by molar-refractivity contribution is 5.94. The van der Waals surface area contributed by atoms with Crippen LogP contribution in [0.5, 0.6) is 0 Å². The molecule has 2 aromatic rings. The second kappa shape index (κ2) is 9.40. The van der Waals surface area contributed by atoms with Crippen molar-refractivity contribution < 1.29 is 13.9 Å². The zero-order valence-corrected chi connectivity index (χ0v) is 17.6. The van der Waals surface area contributed by atoms with Crippen LogP contribution < -0.4 is 10.2 Å². The highest BCUT2D eigenvalue weighted by Gasteiger charge is 2.35. The Morgan fingerprint density at radius 2 is 1.86 bits per heavy atom. The third kappa shape index (κ3) is 4.96. The Morgan fingerprint density at radius 1 is 1.17 bits per heavy atom. The fraction of sp³-hybridized carbons (Fsp3) is 0.458. The monoisotopic (exact) mass is 398 g/mol. The van der Waals surface area contributed by atoms with Crippen molar-refractivity contribution in [2.45, 2.75) is 45.1 Å². The molecule has 2 aromatic carbocycles. The predicted molar refractivity (Wildman–Crippen MR) is 115 cm³/mol. The summed E-state index contributed by atoms with van der Waals surface area (Å²) >= 11 is 0. The lowest BCUT2D eigenvalue weighted by Gasteiger charge is -2.38. The van der Waals surface area contributed by atoms with Crippen LogP contribution in [0.25, 0.3) is 0 Å². The Labute approximate surface area is 173 Å². The number of rotatable bonds is 7. The van der Waals surface area contributed by atoms with Gasteiger partial charge in [-0.3, -0.25) is 4.79 Å². The first-order chi connectivity index (χ1) is 13.9. The number of carbonyl (C=O) groups is 1. The van der Waals surface area contributed by atoms with Crippen molar-refractivity contribution in [3.05, 3.63) is 65.5 Å². The number of amides is 1. The maximum absolute atomic E-state index is 13.8. The molecule has 0 spiro atoms. The van der Waals surface area contributed by atoms with Crippen LogP contribution in [0.2, 0.25) is 0 Å². The average Bonchev–Trinajstić information content (AvgIpc) is 2.73. The minimum Gasteiger partial charge on any atom is -0.381 e. The fourth-order valence-electron chi connectivity index (χ4n) is 4.15. The number of ether oxygens (including phenoxy) is 1. The molecule has 0 saturated carbocycles. The topological polar surface area (TPSA) is 41.6 Å². The number of halogens is 1. The summed E-state index contributed by atoms with van der Waals surface area (Å²) in [6.07, 6.45) is 1.52. The molecule has 1 aliphatic heterocycles. The Hall–Kier alpha value is -2.40. The Morgan fingerprint density at radius 3 is 2.45 bits per heavy atom. The van der Waals surface area contributed by atoms with Crippen LogP contribution in [0.4, 0.5) is 10.1 Å². The van der Waals surface area contributed by atoms with Gasteiger partial charge in [-0.25, -0.2) is 4.39 Å². The Kier molecular flexibility index (Phi) is 6.91. The summed E-state index contributed by atoms with van der Waals surface area (Å²) in [7, 11) is 0. The summed E-state index contributed by atoms with van der Waals surface area (Å²) in [6.45, 7) is 9.05. The van der Waals surface area contributed by atoms with Gasteiger partial charge in [0, 0.05) is 49.0 Å². The molecule has 1 N–H and O–H groups in total. The van der Waals surface area contributed by atoms with Gasteiger partial charge in [0.2, 0.25) is 0 Å². The van der Waals surface area contributed by atoms with Crippen molar-refractivity contribution in [2.24, 2.45) is 0 Å². The molecule has 5 heteroatoms. The highest BCUT2D eigenvalue weighted by Crippen LogP contribution is 2.34. The van der Waals surface area contributed by atoms with E-state index in [2.05, 4.69) is 31.0 Å². The first-order valence-electron chi connectivity index (χ1n) is 10.4. The lowest BCUT2D eigenvalue weighted by Crippen LogP contribution is -2.44. The molecule has 0 aliphatic carbocycles. The van der Waals surface area contributed by atoms with Crippen molar-refractivity contribution in [3.8, 4) is 0 Å². The number of hydrogen-bond acceptors (Lipinski definition) is 3. The second-order valence-corrected chi connectivity index (χ2v) is 8.01. The normalized spacial score (nSPS) is 15.9. The van der Waals surface area contributed by atoms with E-state index >= 15 is 0 Å². The van der Waals surface area contributed by atoms with E-state index in [1.54, 1.807) is 12.1 Å². The van der Waals surface area contributed by atoms with Gasteiger partial charge < -0.3 is 15.0 Å². The van der Waals surface area contributed by atoms with Gasteiger partial charge in [0.15, 0.2) is 0 Å². The summed E-state index contributed by atoms with van der Waals surface area (Å²) in [5.74, 6) is -0.354. The lowest BCUT2D eigenvalue weighted by molar-refractivity contribution is 0.0486. The number of anilines is 1. The number of hydrogen-bond donors (Lipinski definition) is 1. The Bertz CT molecular complexity index is 814. The largest absolute Gasteiger partial charge is 0.381 e. The summed E-state index contributed by atoms with van der Waals surface area (Å²) in [6, 6.07) is 14.8. The molecule has 0 atom stereocenters. The molecule has 1 aliphatic rings. The number of benzene rings is 2. The van der Waals surface area contributed by atoms with Gasteiger partial charge in [-0.2, -0.15) is 0 Å². The standard InChI is InChI=1S/C24H31FN2O2/c1-4-27(18(2)3)22-10-8-19(9-11-22)23(28)26-17-24(12-14-29-15-13-24)20-6-5-7-21(25)16-20/h5-11,16,18H,4,12-15,17H2,1-3H3,(H,26,28). The van der Waals surface area contributed by atoms with E-state index < -0.39 is 0 Å². The summed E-state index contributed by atoms with van der Waals surface area (Å²) in [4.78, 5) is 15.1. The van der Waals surface area contributed by atoms with E-state index in [4.69, 9.17) is 4.74 Å². The molecule has 1 heterocycles. The maximum atomic E-state index is 13.8. The van der Waals surface area contributed by atoms with Crippen LogP contribution in [0.15, 0.2) is 48.5 Å². The molecule has 0 radical (unpaired) electrons. The maximum Gasteiger partial charge on any atom is 0.251 e. The van der Waals surface area contributed by atoms with Crippen LogP contribution in [-0.4, -0.2) is 38.3 Å². The second-order valence-electron chi connectivity index (χ2n) is 8.01. The molecule has 3 rings (SSSR count). The molecule has 29 heavy (non-hydrogen) atoms. The van der Waals surface area contributed by atoms with E-state index in [0.29, 0.717) is 31.4 Å². The van der Waals surface area contributed by atoms with Crippen LogP contribution >= 0.6 is 0 Å². The fourth-order valence-corrected chi connectivity index (χ4v) is 4.15. The van der Waals surface area contributed by atoms with E-state index in [-0.39, 0.29) is 17.1 Å². The molecule has 0 bridgehead atoms. The van der Waals surface area contributed by atoms with E-state index in [9.17, 15) is 9.18 Å². The molecule has 1 amide bonds. The van der Waals surface area contributed by atoms with Crippen LogP contribution in [0, 0.1) is 5.82 Å². The smallest absolute Gasteiger partial charge is 0.251 e. The van der Waals surface area contributed by atoms with Gasteiger partial charge in [-0.05, 0) is 75.6 Å². The summed E-state index contributed by atoms with van der Waals surface area (Å²) in [5, 5.41) is 3.08. The molecule has 0 unspecified atom stereocenters. The highest BCUT2D eigenvalue weighted by atomic mass is 19.1. The van der Waals surface area contributed by atoms with Gasteiger partial charge in [-0.15, -0.1) is 0 Å². The molecular formula is C24H31FN2O2. The van der Waals surface area contributed by atoms with Crippen LogP contribution in [0.3, 0.4) is 0 Å². The van der Waals surface area contributed by atoms with Gasteiger partial charge in [0.1, 0.15) is 5.82 Å². The quantitative estimate of drug-likeness (QED) is 0.745. The van der Waals surface area contributed by atoms with Crippen LogP contribution in [-0.2, 0) is 10.2 Å². The number of nitrogens with one attached hydrogen (secondary N) is 1. The third-order valence-electron chi connectivity index (χ3n) is 5.90. The lowest BCUT2D eigenvalue weighted by atomic mass is 9.74. The molecule has 4 nitrogen and oxygen atoms in total. The molecule has 1 saturated heterocycles. The SMILES string of the molecule is CCN(c1ccc(C(=O)NCC2(c3cccc(F)c3)CCOCC2)cc1)C(C)C. The molecule has 0 aromatic heterocycles. The van der Waals surface area contributed by atoms with Gasteiger partial charge in [0.25, 0.3) is 5.91 Å². The summed E-state index contributed by atoms with van der Waals surface area (Å²) in [5.41, 5.74) is 2.37. The van der Waals surface area contributed by atoms with Crippen molar-refractivity contribution in [3.63, 3.8) is 0 Å². The average molecular weight is 399 g/mol. The first-order valence-corrected chi connectivity index (χ1v) is 10.4. The van der Waals surface area contributed by atoms with E-state index in [0.717, 1.165) is 30.6 Å². The number of nitrogens with zero attached hydrogens (tertiary/aromatic N) is 1.